The molecule has 0 bridgehead atoms. The molecule has 1 fully saturated rings. The van der Waals surface area contributed by atoms with Gasteiger partial charge in [-0.3, -0.25) is 9.59 Å². The van der Waals surface area contributed by atoms with E-state index in [1.54, 1.807) is 11.8 Å². The van der Waals surface area contributed by atoms with E-state index in [-0.39, 0.29) is 23.0 Å². The Morgan fingerprint density at radius 2 is 2.25 bits per heavy atom. The Morgan fingerprint density at radius 1 is 1.46 bits per heavy atom. The van der Waals surface area contributed by atoms with Crippen molar-refractivity contribution in [3.05, 3.63) is 62.5 Å². The Balaban J connectivity index is 1.81. The predicted molar refractivity (Wildman–Crippen MR) is 85.6 cm³/mol. The number of amides is 1. The zero-order chi connectivity index (χ0) is 17.3. The molecule has 0 spiro atoms. The predicted octanol–water partition coefficient (Wildman–Crippen LogP) is 2.08. The maximum atomic E-state index is 13.2. The summed E-state index contributed by atoms with van der Waals surface area (Å²) < 4.78 is 18.9. The van der Waals surface area contributed by atoms with E-state index in [1.165, 1.54) is 18.2 Å². The number of hydrogen-bond acceptors (Lipinski definition) is 4. The number of carbonyl (C=O) groups excluding carboxylic acids is 1. The van der Waals surface area contributed by atoms with Gasteiger partial charge in [0.05, 0.1) is 23.9 Å². The van der Waals surface area contributed by atoms with Crippen LogP contribution in [-0.2, 0) is 4.74 Å². The number of ether oxygens (including phenoxy) is 1. The van der Waals surface area contributed by atoms with Gasteiger partial charge in [0, 0.05) is 18.2 Å². The van der Waals surface area contributed by atoms with Crippen molar-refractivity contribution >= 4 is 17.5 Å². The zero-order valence-electron chi connectivity index (χ0n) is 12.9. The molecule has 3 rings (SSSR count). The number of H-pyrrole nitrogens is 1. The summed E-state index contributed by atoms with van der Waals surface area (Å²) in [6, 6.07) is 5.22. The molecule has 2 heterocycles. The highest BCUT2D eigenvalue weighted by molar-refractivity contribution is 6.31. The van der Waals surface area contributed by atoms with Gasteiger partial charge in [0.2, 0.25) is 0 Å². The fraction of sp³-hybridized carbons (Fsp3) is 0.312. The van der Waals surface area contributed by atoms with Gasteiger partial charge in [0.15, 0.2) is 0 Å². The van der Waals surface area contributed by atoms with Gasteiger partial charge < -0.3 is 14.6 Å². The minimum atomic E-state index is -0.573. The Kier molecular flexibility index (Phi) is 4.64. The molecule has 1 N–H and O–H groups in total. The van der Waals surface area contributed by atoms with E-state index in [0.717, 1.165) is 6.07 Å². The fourth-order valence-corrected chi connectivity index (χ4v) is 2.77. The van der Waals surface area contributed by atoms with Crippen LogP contribution < -0.4 is 5.56 Å². The van der Waals surface area contributed by atoms with Crippen molar-refractivity contribution in [2.24, 2.45) is 0 Å². The van der Waals surface area contributed by atoms with Crippen molar-refractivity contribution in [3.8, 4) is 0 Å². The van der Waals surface area contributed by atoms with Crippen molar-refractivity contribution in [1.82, 2.24) is 14.9 Å². The monoisotopic (exact) mass is 351 g/mol. The van der Waals surface area contributed by atoms with E-state index in [1.807, 2.05) is 0 Å². The summed E-state index contributed by atoms with van der Waals surface area (Å²) in [5.41, 5.74) is 0.512. The molecule has 1 amide bonds. The molecule has 1 aromatic carbocycles. The van der Waals surface area contributed by atoms with Gasteiger partial charge in [-0.25, -0.2) is 9.37 Å². The molecule has 126 valence electrons. The minimum absolute atomic E-state index is 0.0995. The number of aryl methyl sites for hydroxylation is 1. The summed E-state index contributed by atoms with van der Waals surface area (Å²) in [6.07, 6.45) is -0.486. The summed E-state index contributed by atoms with van der Waals surface area (Å²) in [4.78, 5) is 32.6. The third-order valence-corrected chi connectivity index (χ3v) is 4.02. The molecule has 0 saturated carbocycles. The normalized spacial score (nSPS) is 17.8. The van der Waals surface area contributed by atoms with E-state index in [2.05, 4.69) is 9.97 Å². The second-order valence-corrected chi connectivity index (χ2v) is 5.90. The van der Waals surface area contributed by atoms with Gasteiger partial charge in [-0.05, 0) is 25.1 Å². The number of benzene rings is 1. The van der Waals surface area contributed by atoms with Crippen LogP contribution in [0.1, 0.15) is 28.0 Å². The summed E-state index contributed by atoms with van der Waals surface area (Å²) in [5, 5.41) is -0.0995. The Labute approximate surface area is 142 Å². The number of carbonyl (C=O) groups is 1. The second-order valence-electron chi connectivity index (χ2n) is 5.50. The number of hydrogen-bond donors (Lipinski definition) is 1. The van der Waals surface area contributed by atoms with Crippen LogP contribution in [0.4, 0.5) is 4.39 Å². The third kappa shape index (κ3) is 3.47. The van der Waals surface area contributed by atoms with Crippen molar-refractivity contribution in [2.75, 3.05) is 19.7 Å². The zero-order valence-corrected chi connectivity index (χ0v) is 13.6. The van der Waals surface area contributed by atoms with Gasteiger partial charge in [-0.2, -0.15) is 0 Å². The van der Waals surface area contributed by atoms with Gasteiger partial charge >= 0.3 is 0 Å². The molecular weight excluding hydrogens is 337 g/mol. The number of aromatic amines is 1. The van der Waals surface area contributed by atoms with Gasteiger partial charge in [0.1, 0.15) is 17.7 Å². The molecule has 1 aromatic heterocycles. The van der Waals surface area contributed by atoms with Crippen LogP contribution in [0.5, 0.6) is 0 Å². The van der Waals surface area contributed by atoms with E-state index in [9.17, 15) is 14.0 Å². The first-order valence-electron chi connectivity index (χ1n) is 7.38. The number of nitrogens with one attached hydrogen (secondary N) is 1. The number of nitrogens with zero attached hydrogens (tertiary/aromatic N) is 2. The van der Waals surface area contributed by atoms with Crippen molar-refractivity contribution < 1.29 is 13.9 Å². The van der Waals surface area contributed by atoms with E-state index < -0.39 is 11.9 Å². The molecule has 0 unspecified atom stereocenters. The largest absolute Gasteiger partial charge is 0.368 e. The first kappa shape index (κ1) is 16.6. The quantitative estimate of drug-likeness (QED) is 0.899. The second kappa shape index (κ2) is 6.70. The maximum Gasteiger partial charge on any atom is 0.254 e. The molecule has 1 saturated heterocycles. The summed E-state index contributed by atoms with van der Waals surface area (Å²) in [7, 11) is 0. The molecule has 1 atom stereocenters. The Bertz CT molecular complexity index is 840. The summed E-state index contributed by atoms with van der Waals surface area (Å²) in [6.45, 7) is 2.65. The minimum Gasteiger partial charge on any atom is -0.368 e. The first-order valence-corrected chi connectivity index (χ1v) is 7.75. The van der Waals surface area contributed by atoms with Crippen LogP contribution in [0.15, 0.2) is 29.1 Å². The molecule has 1 aliphatic rings. The summed E-state index contributed by atoms with van der Waals surface area (Å²) >= 11 is 5.74. The van der Waals surface area contributed by atoms with Gasteiger partial charge in [0.25, 0.3) is 11.5 Å². The lowest BCUT2D eigenvalue weighted by Gasteiger charge is -2.32. The number of halogens is 2. The summed E-state index contributed by atoms with van der Waals surface area (Å²) in [5.74, 6) is -0.363. The van der Waals surface area contributed by atoms with Crippen LogP contribution in [0.3, 0.4) is 0 Å². The molecular formula is C16H15ClFN3O3. The van der Waals surface area contributed by atoms with E-state index >= 15 is 0 Å². The standard InChI is InChI=1S/C16H15ClFN3O3/c1-9-19-13(7-15(22)20-9)14-8-21(4-5-24-14)16(23)10-2-3-12(18)11(17)6-10/h2-3,6-7,14H,4-5,8H2,1H3,(H,19,20,22)/t14-/m1/s1. The highest BCUT2D eigenvalue weighted by Gasteiger charge is 2.27. The van der Waals surface area contributed by atoms with Gasteiger partial charge in [-0.15, -0.1) is 0 Å². The average Bonchev–Trinajstić information content (AvgIpc) is 2.56. The third-order valence-electron chi connectivity index (χ3n) is 3.73. The maximum absolute atomic E-state index is 13.2. The molecule has 24 heavy (non-hydrogen) atoms. The molecule has 8 heteroatoms. The molecule has 6 nitrogen and oxygen atoms in total. The lowest BCUT2D eigenvalue weighted by atomic mass is 10.1. The number of morpholine rings is 1. The van der Waals surface area contributed by atoms with Crippen molar-refractivity contribution in [2.45, 2.75) is 13.0 Å². The van der Waals surface area contributed by atoms with Crippen molar-refractivity contribution in [1.29, 1.82) is 0 Å². The molecule has 2 aromatic rings. The molecule has 1 aliphatic heterocycles. The SMILES string of the molecule is Cc1nc([C@H]2CN(C(=O)c3ccc(F)c(Cl)c3)CCO2)cc(=O)[nH]1. The van der Waals surface area contributed by atoms with E-state index in [4.69, 9.17) is 16.3 Å². The average molecular weight is 352 g/mol. The van der Waals surface area contributed by atoms with Crippen LogP contribution >= 0.6 is 11.6 Å². The number of rotatable bonds is 2. The van der Waals surface area contributed by atoms with Crippen molar-refractivity contribution in [3.63, 3.8) is 0 Å². The van der Waals surface area contributed by atoms with Crippen LogP contribution in [0.2, 0.25) is 5.02 Å². The highest BCUT2D eigenvalue weighted by Crippen LogP contribution is 2.23. The van der Waals surface area contributed by atoms with Crippen LogP contribution in [-0.4, -0.2) is 40.5 Å². The fourth-order valence-electron chi connectivity index (χ4n) is 2.59. The molecule has 0 radical (unpaired) electrons. The lowest BCUT2D eigenvalue weighted by molar-refractivity contribution is -0.0249. The Hall–Kier alpha value is -2.25. The smallest absolute Gasteiger partial charge is 0.254 e. The first-order chi connectivity index (χ1) is 11.4. The van der Waals surface area contributed by atoms with E-state index in [0.29, 0.717) is 30.2 Å². The highest BCUT2D eigenvalue weighted by atomic mass is 35.5. The van der Waals surface area contributed by atoms with Crippen LogP contribution in [0.25, 0.3) is 0 Å². The van der Waals surface area contributed by atoms with Gasteiger partial charge in [-0.1, -0.05) is 11.6 Å². The van der Waals surface area contributed by atoms with Crippen LogP contribution in [0, 0.1) is 12.7 Å². The lowest BCUT2D eigenvalue weighted by Crippen LogP contribution is -2.42. The Morgan fingerprint density at radius 3 is 2.96 bits per heavy atom. The topological polar surface area (TPSA) is 75.3 Å². The number of aromatic nitrogens is 2. The molecule has 0 aliphatic carbocycles.